The van der Waals surface area contributed by atoms with Gasteiger partial charge >= 0.3 is 0 Å². The van der Waals surface area contributed by atoms with Gasteiger partial charge in [0, 0.05) is 7.05 Å². The molecule has 0 saturated carbocycles. The van der Waals surface area contributed by atoms with Gasteiger partial charge in [0.1, 0.15) is 5.82 Å². The van der Waals surface area contributed by atoms with Crippen LogP contribution in [0.2, 0.25) is 0 Å². The Bertz CT molecular complexity index is 423. The Kier molecular flexibility index (Phi) is 7.56. The molecule has 20 heavy (non-hydrogen) atoms. The van der Waals surface area contributed by atoms with Crippen molar-refractivity contribution in [3.8, 4) is 12.8 Å². The van der Waals surface area contributed by atoms with Crippen LogP contribution in [0.3, 0.4) is 0 Å². The molecule has 1 aromatic rings. The number of amides is 1. The van der Waals surface area contributed by atoms with E-state index in [4.69, 9.17) is 0 Å². The molecular formula is C16H23FN2O. The minimum atomic E-state index is -0.178. The molecule has 0 bridgehead atoms. The molecule has 1 N–H and O–H groups in total. The van der Waals surface area contributed by atoms with Gasteiger partial charge in [-0.3, -0.25) is 10.1 Å². The van der Waals surface area contributed by atoms with Crippen molar-refractivity contribution in [1.29, 1.82) is 0 Å². The molecule has 1 amide bonds. The molecule has 4 heteroatoms. The van der Waals surface area contributed by atoms with E-state index < -0.39 is 0 Å². The minimum Gasteiger partial charge on any atom is -0.329 e. The molecule has 1 aliphatic rings. The van der Waals surface area contributed by atoms with E-state index in [9.17, 15) is 9.18 Å². The number of benzene rings is 1. The SMILES string of the molecule is C#C.CN1C(=O)CNC1C(C)(C)C.Fc1ccccc1. The minimum absolute atomic E-state index is 0.126. The lowest BCUT2D eigenvalue weighted by Crippen LogP contribution is -2.44. The number of hydrogen-bond acceptors (Lipinski definition) is 2. The molecule has 2 rings (SSSR count). The monoisotopic (exact) mass is 278 g/mol. The second-order valence-corrected chi connectivity index (χ2v) is 5.45. The Labute approximate surface area is 121 Å². The van der Waals surface area contributed by atoms with Crippen LogP contribution in [-0.4, -0.2) is 30.6 Å². The largest absolute Gasteiger partial charge is 0.329 e. The van der Waals surface area contributed by atoms with Crippen LogP contribution in [0.5, 0.6) is 0 Å². The number of halogens is 1. The van der Waals surface area contributed by atoms with E-state index in [2.05, 4.69) is 38.9 Å². The number of hydrogen-bond donors (Lipinski definition) is 1. The molecule has 1 unspecified atom stereocenters. The summed E-state index contributed by atoms with van der Waals surface area (Å²) < 4.78 is 11.9. The van der Waals surface area contributed by atoms with Crippen LogP contribution in [0.1, 0.15) is 20.8 Å². The van der Waals surface area contributed by atoms with Crippen molar-refractivity contribution in [1.82, 2.24) is 10.2 Å². The van der Waals surface area contributed by atoms with Gasteiger partial charge in [0.2, 0.25) is 5.91 Å². The maximum absolute atomic E-state index is 11.9. The van der Waals surface area contributed by atoms with Gasteiger partial charge in [0.25, 0.3) is 0 Å². The fraction of sp³-hybridized carbons (Fsp3) is 0.438. The Balaban J connectivity index is 0.000000345. The molecule has 1 aromatic carbocycles. The summed E-state index contributed by atoms with van der Waals surface area (Å²) in [7, 11) is 1.85. The van der Waals surface area contributed by atoms with Crippen molar-refractivity contribution in [2.24, 2.45) is 5.41 Å². The second-order valence-electron chi connectivity index (χ2n) is 5.45. The smallest absolute Gasteiger partial charge is 0.237 e. The molecule has 0 radical (unpaired) electrons. The van der Waals surface area contributed by atoms with Crippen LogP contribution >= 0.6 is 0 Å². The molecule has 3 nitrogen and oxygen atoms in total. The lowest BCUT2D eigenvalue weighted by atomic mass is 9.92. The Morgan fingerprint density at radius 1 is 1.25 bits per heavy atom. The lowest BCUT2D eigenvalue weighted by Gasteiger charge is -2.32. The van der Waals surface area contributed by atoms with Crippen LogP contribution < -0.4 is 5.32 Å². The zero-order chi connectivity index (χ0) is 15.8. The topological polar surface area (TPSA) is 32.3 Å². The number of likely N-dealkylation sites (N-methyl/N-ethyl adjacent to an activating group) is 1. The number of carbonyl (C=O) groups excluding carboxylic acids is 1. The molecule has 1 heterocycles. The van der Waals surface area contributed by atoms with Crippen LogP contribution in [0, 0.1) is 24.1 Å². The summed E-state index contributed by atoms with van der Waals surface area (Å²) in [6, 6.07) is 7.94. The van der Waals surface area contributed by atoms with E-state index in [1.807, 2.05) is 7.05 Å². The predicted molar refractivity (Wildman–Crippen MR) is 80.3 cm³/mol. The van der Waals surface area contributed by atoms with Gasteiger partial charge in [-0.05, 0) is 17.5 Å². The third kappa shape index (κ3) is 5.85. The Hall–Kier alpha value is -1.86. The molecule has 1 fully saturated rings. The van der Waals surface area contributed by atoms with Gasteiger partial charge in [0.05, 0.1) is 12.7 Å². The highest BCUT2D eigenvalue weighted by atomic mass is 19.1. The summed E-state index contributed by atoms with van der Waals surface area (Å²) >= 11 is 0. The van der Waals surface area contributed by atoms with Gasteiger partial charge < -0.3 is 4.90 Å². The molecule has 1 aliphatic heterocycles. The van der Waals surface area contributed by atoms with E-state index in [1.165, 1.54) is 12.1 Å². The average molecular weight is 278 g/mol. The summed E-state index contributed by atoms with van der Waals surface area (Å²) in [5.41, 5.74) is 0.126. The number of nitrogens with zero attached hydrogens (tertiary/aromatic N) is 1. The lowest BCUT2D eigenvalue weighted by molar-refractivity contribution is -0.127. The fourth-order valence-corrected chi connectivity index (χ4v) is 1.89. The maximum Gasteiger partial charge on any atom is 0.237 e. The van der Waals surface area contributed by atoms with Gasteiger partial charge in [-0.15, -0.1) is 12.8 Å². The van der Waals surface area contributed by atoms with Gasteiger partial charge in [-0.1, -0.05) is 39.0 Å². The highest BCUT2D eigenvalue weighted by molar-refractivity contribution is 5.80. The molecule has 0 spiro atoms. The first-order valence-electron chi connectivity index (χ1n) is 6.35. The number of nitrogens with one attached hydrogen (secondary N) is 1. The highest BCUT2D eigenvalue weighted by Crippen LogP contribution is 2.23. The normalized spacial score (nSPS) is 17.6. The fourth-order valence-electron chi connectivity index (χ4n) is 1.89. The first-order valence-corrected chi connectivity index (χ1v) is 6.35. The molecule has 0 aliphatic carbocycles. The molecule has 110 valence electrons. The molecule has 0 aromatic heterocycles. The van der Waals surface area contributed by atoms with Gasteiger partial charge in [-0.2, -0.15) is 0 Å². The number of rotatable bonds is 0. The highest BCUT2D eigenvalue weighted by Gasteiger charge is 2.35. The summed E-state index contributed by atoms with van der Waals surface area (Å²) in [6.07, 6.45) is 8.19. The third-order valence-corrected chi connectivity index (χ3v) is 2.78. The van der Waals surface area contributed by atoms with E-state index in [1.54, 1.807) is 23.1 Å². The van der Waals surface area contributed by atoms with Crippen LogP contribution in [0.25, 0.3) is 0 Å². The summed E-state index contributed by atoms with van der Waals surface area (Å²) in [5, 5.41) is 3.17. The Morgan fingerprint density at radius 2 is 1.75 bits per heavy atom. The van der Waals surface area contributed by atoms with E-state index in [-0.39, 0.29) is 23.3 Å². The van der Waals surface area contributed by atoms with Crippen molar-refractivity contribution < 1.29 is 9.18 Å². The van der Waals surface area contributed by atoms with Crippen molar-refractivity contribution in [3.05, 3.63) is 36.1 Å². The molecule has 1 saturated heterocycles. The predicted octanol–water partition coefficient (Wildman–Crippen LogP) is 2.50. The molecular weight excluding hydrogens is 255 g/mol. The van der Waals surface area contributed by atoms with Crippen LogP contribution in [-0.2, 0) is 4.79 Å². The van der Waals surface area contributed by atoms with Crippen molar-refractivity contribution in [2.75, 3.05) is 13.6 Å². The zero-order valence-corrected chi connectivity index (χ0v) is 12.6. The number of terminal acetylenes is 1. The van der Waals surface area contributed by atoms with Crippen molar-refractivity contribution in [2.45, 2.75) is 26.9 Å². The van der Waals surface area contributed by atoms with E-state index in [0.29, 0.717) is 6.54 Å². The van der Waals surface area contributed by atoms with Crippen LogP contribution in [0.15, 0.2) is 30.3 Å². The van der Waals surface area contributed by atoms with Crippen molar-refractivity contribution in [3.63, 3.8) is 0 Å². The molecule has 1 atom stereocenters. The number of carbonyl (C=O) groups is 1. The zero-order valence-electron chi connectivity index (χ0n) is 12.6. The van der Waals surface area contributed by atoms with E-state index in [0.717, 1.165) is 0 Å². The summed E-state index contributed by atoms with van der Waals surface area (Å²) in [6.45, 7) is 6.86. The average Bonchev–Trinajstić information content (AvgIpc) is 2.74. The Morgan fingerprint density at radius 3 is 1.95 bits per heavy atom. The second kappa shape index (κ2) is 8.34. The van der Waals surface area contributed by atoms with E-state index >= 15 is 0 Å². The first-order chi connectivity index (χ1) is 9.32. The first kappa shape index (κ1) is 18.1. The quantitative estimate of drug-likeness (QED) is 0.740. The van der Waals surface area contributed by atoms with Crippen molar-refractivity contribution >= 4 is 5.91 Å². The third-order valence-electron chi connectivity index (χ3n) is 2.78. The van der Waals surface area contributed by atoms with Gasteiger partial charge in [0.15, 0.2) is 0 Å². The summed E-state index contributed by atoms with van der Waals surface area (Å²) in [5.74, 6) is 0.00688. The van der Waals surface area contributed by atoms with Gasteiger partial charge in [-0.25, -0.2) is 4.39 Å². The standard InChI is InChI=1S/C8H16N2O.C6H5F.C2H2/c1-8(2,3)7-9-5-6(11)10(7)4;7-6-4-2-1-3-5-6;1-2/h7,9H,5H2,1-4H3;1-5H;1-2H. The maximum atomic E-state index is 11.9. The van der Waals surface area contributed by atoms with Crippen LogP contribution in [0.4, 0.5) is 4.39 Å². The summed E-state index contributed by atoms with van der Waals surface area (Å²) in [4.78, 5) is 12.9.